The maximum atomic E-state index is 5.54. The van der Waals surface area contributed by atoms with Crippen LogP contribution in [-0.4, -0.2) is 30.6 Å². The van der Waals surface area contributed by atoms with E-state index in [1.807, 2.05) is 30.3 Å². The molecule has 0 spiro atoms. The summed E-state index contributed by atoms with van der Waals surface area (Å²) in [5.41, 5.74) is 0. The molecule has 0 aromatic heterocycles. The van der Waals surface area contributed by atoms with Crippen LogP contribution in [0.4, 0.5) is 0 Å². The van der Waals surface area contributed by atoms with Crippen LogP contribution in [-0.2, 0) is 12.6 Å². The monoisotopic (exact) mass is 256 g/mol. The Morgan fingerprint density at radius 3 is 2.75 bits per heavy atom. The fourth-order valence-electron chi connectivity index (χ4n) is 1.20. The van der Waals surface area contributed by atoms with Gasteiger partial charge in [-0.25, -0.2) is 0 Å². The van der Waals surface area contributed by atoms with Gasteiger partial charge in [0.05, 0.1) is 13.1 Å². The Hall–Kier alpha value is -0.910. The second kappa shape index (κ2) is 8.27. The number of thiocarbonyl (C=S) groups is 1. The van der Waals surface area contributed by atoms with Crippen molar-refractivity contribution in [1.29, 1.82) is 0 Å². The lowest BCUT2D eigenvalue weighted by molar-refractivity contribution is -0.653. The van der Waals surface area contributed by atoms with Gasteiger partial charge in [0.1, 0.15) is 18.9 Å². The highest BCUT2D eigenvalue weighted by Crippen LogP contribution is 2.06. The average molecular weight is 256 g/mol. The first-order chi connectivity index (χ1) is 7.79. The van der Waals surface area contributed by atoms with E-state index in [4.69, 9.17) is 29.6 Å². The first kappa shape index (κ1) is 13.2. The fourth-order valence-corrected chi connectivity index (χ4v) is 1.40. The minimum atomic E-state index is 0.439. The molecule has 0 atom stereocenters. The Kier molecular flexibility index (Phi) is 6.80. The molecule has 3 nitrogen and oxygen atoms in total. The smallest absolute Gasteiger partial charge is 0.137 e. The zero-order valence-electron chi connectivity index (χ0n) is 9.02. The molecular formula is C11H16N2OS2. The summed E-state index contributed by atoms with van der Waals surface area (Å²) in [4.78, 5) is 0. The van der Waals surface area contributed by atoms with E-state index < -0.39 is 0 Å². The molecule has 5 heteroatoms. The van der Waals surface area contributed by atoms with Crippen molar-refractivity contribution in [2.45, 2.75) is 0 Å². The molecular weight excluding hydrogens is 240 g/mol. The summed E-state index contributed by atoms with van der Waals surface area (Å²) in [5, 5.41) is 5.10. The molecule has 0 unspecified atom stereocenters. The molecule has 0 bridgehead atoms. The third-order valence-corrected chi connectivity index (χ3v) is 2.24. The van der Waals surface area contributed by atoms with Crippen LogP contribution in [0.5, 0.6) is 5.75 Å². The van der Waals surface area contributed by atoms with Crippen LogP contribution in [0, 0.1) is 0 Å². The van der Waals surface area contributed by atoms with Crippen molar-refractivity contribution in [2.75, 3.05) is 26.2 Å². The lowest BCUT2D eigenvalue weighted by Gasteiger charge is -2.08. The van der Waals surface area contributed by atoms with E-state index in [1.54, 1.807) is 0 Å². The van der Waals surface area contributed by atoms with E-state index in [9.17, 15) is 0 Å². The molecule has 0 fully saturated rings. The first-order valence-electron chi connectivity index (χ1n) is 5.23. The van der Waals surface area contributed by atoms with Crippen LogP contribution < -0.4 is 15.4 Å². The third kappa shape index (κ3) is 6.55. The van der Waals surface area contributed by atoms with Crippen LogP contribution in [0.3, 0.4) is 0 Å². The number of quaternary nitrogens is 1. The van der Waals surface area contributed by atoms with Crippen molar-refractivity contribution < 1.29 is 10.1 Å². The van der Waals surface area contributed by atoms with Gasteiger partial charge in [0.15, 0.2) is 0 Å². The predicted molar refractivity (Wildman–Crippen MR) is 71.6 cm³/mol. The third-order valence-electron chi connectivity index (χ3n) is 1.95. The number of hydrogen-bond donors (Lipinski definition) is 2. The fraction of sp³-hybridized carbons (Fsp3) is 0.364. The standard InChI is InChI=1S/C11H16N2OS2/c15-11(16)13-7-6-12-8-9-14-10-4-2-1-3-5-10/h1-5,12H,6-9H2,(H2,13,15,16). The molecule has 0 saturated carbocycles. The van der Waals surface area contributed by atoms with Gasteiger partial charge in [-0.1, -0.05) is 22.5 Å². The van der Waals surface area contributed by atoms with Gasteiger partial charge in [-0.3, -0.25) is 0 Å². The number of benzene rings is 1. The minimum Gasteiger partial charge on any atom is -0.488 e. The molecule has 1 aromatic carbocycles. The molecule has 3 N–H and O–H groups in total. The molecule has 0 aliphatic rings. The highest BCUT2D eigenvalue weighted by Gasteiger charge is 1.93. The van der Waals surface area contributed by atoms with E-state index in [-0.39, 0.29) is 0 Å². The highest BCUT2D eigenvalue weighted by molar-refractivity contribution is 8.00. The Labute approximate surface area is 107 Å². The second-order valence-electron chi connectivity index (χ2n) is 3.24. The van der Waals surface area contributed by atoms with Crippen LogP contribution in [0.1, 0.15) is 0 Å². The molecule has 0 radical (unpaired) electrons. The number of ether oxygens (including phenoxy) is 1. The van der Waals surface area contributed by atoms with Crippen molar-refractivity contribution >= 4 is 29.2 Å². The van der Waals surface area contributed by atoms with Gasteiger partial charge in [-0.15, -0.1) is 0 Å². The van der Waals surface area contributed by atoms with Gasteiger partial charge in [-0.05, 0) is 12.1 Å². The van der Waals surface area contributed by atoms with Gasteiger partial charge < -0.3 is 40.2 Å². The molecule has 0 amide bonds. The predicted octanol–water partition coefficient (Wildman–Crippen LogP) is 0.0502. The summed E-state index contributed by atoms with van der Waals surface area (Å²) in [6.07, 6.45) is 0. The van der Waals surface area contributed by atoms with Gasteiger partial charge in [0.25, 0.3) is 0 Å². The van der Waals surface area contributed by atoms with E-state index >= 15 is 0 Å². The zero-order valence-corrected chi connectivity index (χ0v) is 10.7. The van der Waals surface area contributed by atoms with Crippen LogP contribution in [0.25, 0.3) is 0 Å². The van der Waals surface area contributed by atoms with Gasteiger partial charge in [0.2, 0.25) is 0 Å². The Balaban J connectivity index is 1.94. The van der Waals surface area contributed by atoms with Crippen molar-refractivity contribution in [3.63, 3.8) is 0 Å². The first-order valence-corrected chi connectivity index (χ1v) is 6.05. The molecule has 0 aliphatic heterocycles. The maximum absolute atomic E-state index is 5.54. The number of nitrogens with two attached hydrogens (primary N) is 1. The van der Waals surface area contributed by atoms with Crippen LogP contribution in [0.2, 0.25) is 0 Å². The molecule has 0 heterocycles. The maximum Gasteiger partial charge on any atom is 0.137 e. The summed E-state index contributed by atoms with van der Waals surface area (Å²) >= 11 is 9.45. The van der Waals surface area contributed by atoms with E-state index in [1.165, 1.54) is 0 Å². The van der Waals surface area contributed by atoms with Crippen molar-refractivity contribution in [3.05, 3.63) is 30.3 Å². The minimum absolute atomic E-state index is 0.439. The number of hydrogen-bond acceptors (Lipinski definition) is 3. The number of nitrogens with one attached hydrogen (secondary N) is 1. The molecule has 16 heavy (non-hydrogen) atoms. The largest absolute Gasteiger partial charge is 0.488 e. The Morgan fingerprint density at radius 1 is 1.31 bits per heavy atom. The van der Waals surface area contributed by atoms with Crippen molar-refractivity contribution in [2.24, 2.45) is 0 Å². The number of para-hydroxylation sites is 1. The average Bonchev–Trinajstić information content (AvgIpc) is 2.29. The molecule has 1 aromatic rings. The second-order valence-corrected chi connectivity index (χ2v) is 4.32. The number of rotatable bonds is 7. The summed E-state index contributed by atoms with van der Waals surface area (Å²) in [5.74, 6) is 0.917. The van der Waals surface area contributed by atoms with Crippen LogP contribution in [0.15, 0.2) is 30.3 Å². The van der Waals surface area contributed by atoms with E-state index in [0.29, 0.717) is 10.9 Å². The molecule has 0 saturated heterocycles. The normalized spacial score (nSPS) is 9.75. The summed E-state index contributed by atoms with van der Waals surface area (Å²) in [7, 11) is 0. The van der Waals surface area contributed by atoms with E-state index in [2.05, 4.69) is 10.6 Å². The lowest BCUT2D eigenvalue weighted by Crippen LogP contribution is -2.86. The summed E-state index contributed by atoms with van der Waals surface area (Å²) in [6.45, 7) is 3.41. The Morgan fingerprint density at radius 2 is 2.06 bits per heavy atom. The highest BCUT2D eigenvalue weighted by atomic mass is 32.1. The quantitative estimate of drug-likeness (QED) is 0.411. The molecule has 1 rings (SSSR count). The van der Waals surface area contributed by atoms with Crippen molar-refractivity contribution in [3.8, 4) is 5.75 Å². The van der Waals surface area contributed by atoms with Crippen LogP contribution >= 0.6 is 12.2 Å². The van der Waals surface area contributed by atoms with Gasteiger partial charge in [-0.2, -0.15) is 0 Å². The lowest BCUT2D eigenvalue weighted by atomic mass is 10.3. The topological polar surface area (TPSA) is 37.9 Å². The summed E-state index contributed by atoms with van der Waals surface area (Å²) < 4.78 is 5.97. The zero-order chi connectivity index (χ0) is 11.6. The van der Waals surface area contributed by atoms with Gasteiger partial charge in [0, 0.05) is 0 Å². The van der Waals surface area contributed by atoms with Gasteiger partial charge >= 0.3 is 0 Å². The SMILES string of the molecule is S=C([S-])NCC[NH2+]CCOc1ccccc1. The molecule has 0 aliphatic carbocycles. The Bertz CT molecular complexity index is 306. The molecule has 88 valence electrons. The summed E-state index contributed by atoms with van der Waals surface area (Å²) in [6, 6.07) is 9.82. The van der Waals surface area contributed by atoms with E-state index in [0.717, 1.165) is 25.4 Å². The van der Waals surface area contributed by atoms with Crippen molar-refractivity contribution in [1.82, 2.24) is 5.32 Å².